The van der Waals surface area contributed by atoms with Crippen LogP contribution in [0.25, 0.3) is 0 Å². The summed E-state index contributed by atoms with van der Waals surface area (Å²) in [5, 5.41) is 11.4. The molecule has 0 bridgehead atoms. The normalized spacial score (nSPS) is 13.0. The predicted molar refractivity (Wildman–Crippen MR) is 52.5 cm³/mol. The van der Waals surface area contributed by atoms with Crippen LogP contribution in [0.2, 0.25) is 0 Å². The fourth-order valence-electron chi connectivity index (χ4n) is 0.938. The van der Waals surface area contributed by atoms with Crippen LogP contribution in [0.4, 0.5) is 0 Å². The van der Waals surface area contributed by atoms with Crippen LogP contribution >= 0.6 is 0 Å². The van der Waals surface area contributed by atoms with Crippen LogP contribution in [0.5, 0.6) is 0 Å². The minimum atomic E-state index is 0.0506. The van der Waals surface area contributed by atoms with Crippen LogP contribution < -0.4 is 5.32 Å². The second kappa shape index (κ2) is 6.86. The highest BCUT2D eigenvalue weighted by atomic mass is 16.3. The van der Waals surface area contributed by atoms with Crippen molar-refractivity contribution in [2.75, 3.05) is 27.2 Å². The third kappa shape index (κ3) is 7.74. The van der Waals surface area contributed by atoms with Gasteiger partial charge in [0.25, 0.3) is 0 Å². The Morgan fingerprint density at radius 2 is 2.15 bits per heavy atom. The second-order valence-corrected chi connectivity index (χ2v) is 3.53. The quantitative estimate of drug-likeness (QED) is 0.608. The molecule has 1 unspecified atom stereocenters. The number of aliphatic hydroxyl groups is 1. The molecule has 1 atom stereocenters. The SMILES string of the molecule is CC(CCO)NC(=O)CCN(C)C. The van der Waals surface area contributed by atoms with E-state index in [1.807, 2.05) is 25.9 Å². The molecule has 0 aromatic heterocycles. The van der Waals surface area contributed by atoms with Crippen LogP contribution in [-0.2, 0) is 4.79 Å². The van der Waals surface area contributed by atoms with Crippen LogP contribution in [0.3, 0.4) is 0 Å². The number of rotatable bonds is 6. The first-order valence-electron chi connectivity index (χ1n) is 4.61. The highest BCUT2D eigenvalue weighted by molar-refractivity contribution is 5.76. The summed E-state index contributed by atoms with van der Waals surface area (Å²) in [6, 6.07) is 0.0691. The summed E-state index contributed by atoms with van der Waals surface area (Å²) in [5.41, 5.74) is 0. The van der Waals surface area contributed by atoms with Crippen molar-refractivity contribution in [2.45, 2.75) is 25.8 Å². The summed E-state index contributed by atoms with van der Waals surface area (Å²) in [6.07, 6.45) is 1.14. The van der Waals surface area contributed by atoms with Crippen LogP contribution in [-0.4, -0.2) is 49.2 Å². The molecule has 0 aliphatic rings. The van der Waals surface area contributed by atoms with Gasteiger partial charge in [0.2, 0.25) is 5.91 Å². The van der Waals surface area contributed by atoms with Crippen molar-refractivity contribution in [3.05, 3.63) is 0 Å². The van der Waals surface area contributed by atoms with E-state index in [9.17, 15) is 4.79 Å². The van der Waals surface area contributed by atoms with Crippen molar-refractivity contribution in [1.82, 2.24) is 10.2 Å². The van der Waals surface area contributed by atoms with Crippen molar-refractivity contribution in [1.29, 1.82) is 0 Å². The lowest BCUT2D eigenvalue weighted by Crippen LogP contribution is -2.34. The lowest BCUT2D eigenvalue weighted by atomic mass is 10.2. The monoisotopic (exact) mass is 188 g/mol. The molecule has 13 heavy (non-hydrogen) atoms. The number of carbonyl (C=O) groups is 1. The van der Waals surface area contributed by atoms with Crippen molar-refractivity contribution in [2.24, 2.45) is 0 Å². The van der Waals surface area contributed by atoms with Crippen molar-refractivity contribution < 1.29 is 9.90 Å². The summed E-state index contributed by atoms with van der Waals surface area (Å²) in [5.74, 6) is 0.0506. The Bertz CT molecular complexity index is 149. The lowest BCUT2D eigenvalue weighted by Gasteiger charge is -2.13. The molecule has 2 N–H and O–H groups in total. The molecule has 0 rings (SSSR count). The first kappa shape index (κ1) is 12.4. The van der Waals surface area contributed by atoms with Gasteiger partial charge in [-0.15, -0.1) is 0 Å². The third-order valence-electron chi connectivity index (χ3n) is 1.76. The first-order valence-corrected chi connectivity index (χ1v) is 4.61. The van der Waals surface area contributed by atoms with E-state index in [4.69, 9.17) is 5.11 Å². The lowest BCUT2D eigenvalue weighted by molar-refractivity contribution is -0.122. The summed E-state index contributed by atoms with van der Waals surface area (Å²) in [6.45, 7) is 2.77. The topological polar surface area (TPSA) is 52.6 Å². The smallest absolute Gasteiger partial charge is 0.221 e. The maximum absolute atomic E-state index is 11.2. The summed E-state index contributed by atoms with van der Waals surface area (Å²) in [7, 11) is 3.87. The number of hydrogen-bond acceptors (Lipinski definition) is 3. The van der Waals surface area contributed by atoms with Crippen molar-refractivity contribution in [3.63, 3.8) is 0 Å². The summed E-state index contributed by atoms with van der Waals surface area (Å²) >= 11 is 0. The van der Waals surface area contributed by atoms with E-state index in [2.05, 4.69) is 5.32 Å². The maximum Gasteiger partial charge on any atom is 0.221 e. The van der Waals surface area contributed by atoms with Crippen molar-refractivity contribution >= 4 is 5.91 Å². The first-order chi connectivity index (χ1) is 6.06. The largest absolute Gasteiger partial charge is 0.396 e. The molecule has 0 fully saturated rings. The average Bonchev–Trinajstić information content (AvgIpc) is 2.01. The van der Waals surface area contributed by atoms with Gasteiger partial charge >= 0.3 is 0 Å². The van der Waals surface area contributed by atoms with Gasteiger partial charge in [-0.05, 0) is 27.4 Å². The molecule has 0 aliphatic carbocycles. The Morgan fingerprint density at radius 3 is 2.62 bits per heavy atom. The molecule has 0 spiro atoms. The highest BCUT2D eigenvalue weighted by Crippen LogP contribution is 1.90. The number of nitrogens with zero attached hydrogens (tertiary/aromatic N) is 1. The standard InChI is InChI=1S/C9H20N2O2/c1-8(5-7-12)10-9(13)4-6-11(2)3/h8,12H,4-7H2,1-3H3,(H,10,13). The fourth-order valence-corrected chi connectivity index (χ4v) is 0.938. The molecule has 4 heteroatoms. The van der Waals surface area contributed by atoms with Gasteiger partial charge in [-0.1, -0.05) is 0 Å². The molecular weight excluding hydrogens is 168 g/mol. The van der Waals surface area contributed by atoms with E-state index in [1.165, 1.54) is 0 Å². The van der Waals surface area contributed by atoms with Gasteiger partial charge in [0.1, 0.15) is 0 Å². The van der Waals surface area contributed by atoms with Gasteiger partial charge in [0.05, 0.1) is 0 Å². The zero-order valence-corrected chi connectivity index (χ0v) is 8.71. The molecule has 0 radical (unpaired) electrons. The predicted octanol–water partition coefficient (Wildman–Crippen LogP) is -0.175. The zero-order valence-electron chi connectivity index (χ0n) is 8.71. The second-order valence-electron chi connectivity index (χ2n) is 3.53. The Balaban J connectivity index is 3.50. The van der Waals surface area contributed by atoms with Gasteiger partial charge in [-0.25, -0.2) is 0 Å². The molecule has 0 aromatic rings. The number of aliphatic hydroxyl groups excluding tert-OH is 1. The molecule has 4 nitrogen and oxygen atoms in total. The summed E-state index contributed by atoms with van der Waals surface area (Å²) < 4.78 is 0. The van der Waals surface area contributed by atoms with Gasteiger partial charge in [-0.3, -0.25) is 4.79 Å². The number of carbonyl (C=O) groups excluding carboxylic acids is 1. The molecule has 0 aromatic carbocycles. The number of hydrogen-bond donors (Lipinski definition) is 2. The third-order valence-corrected chi connectivity index (χ3v) is 1.76. The van der Waals surface area contributed by atoms with Crippen molar-refractivity contribution in [3.8, 4) is 0 Å². The van der Waals surface area contributed by atoms with E-state index in [1.54, 1.807) is 0 Å². The maximum atomic E-state index is 11.2. The van der Waals surface area contributed by atoms with E-state index >= 15 is 0 Å². The molecule has 0 aliphatic heterocycles. The fraction of sp³-hybridized carbons (Fsp3) is 0.889. The Labute approximate surface area is 79.9 Å². The molecule has 1 amide bonds. The van der Waals surface area contributed by atoms with E-state index < -0.39 is 0 Å². The van der Waals surface area contributed by atoms with Gasteiger partial charge in [0.15, 0.2) is 0 Å². The van der Waals surface area contributed by atoms with Gasteiger partial charge in [0, 0.05) is 25.6 Å². The van der Waals surface area contributed by atoms with E-state index in [-0.39, 0.29) is 18.6 Å². The minimum Gasteiger partial charge on any atom is -0.396 e. The highest BCUT2D eigenvalue weighted by Gasteiger charge is 2.06. The van der Waals surface area contributed by atoms with Crippen LogP contribution in [0.15, 0.2) is 0 Å². The Kier molecular flexibility index (Phi) is 6.54. The average molecular weight is 188 g/mol. The number of amides is 1. The van der Waals surface area contributed by atoms with Crippen LogP contribution in [0.1, 0.15) is 19.8 Å². The molecule has 0 saturated carbocycles. The molecular formula is C9H20N2O2. The van der Waals surface area contributed by atoms with Crippen LogP contribution in [0, 0.1) is 0 Å². The van der Waals surface area contributed by atoms with Gasteiger partial charge < -0.3 is 15.3 Å². The van der Waals surface area contributed by atoms with E-state index in [0.717, 1.165) is 6.54 Å². The molecule has 0 saturated heterocycles. The number of nitrogens with one attached hydrogen (secondary N) is 1. The minimum absolute atomic E-state index is 0.0506. The zero-order chi connectivity index (χ0) is 10.3. The van der Waals surface area contributed by atoms with Gasteiger partial charge in [-0.2, -0.15) is 0 Å². The summed E-state index contributed by atoms with van der Waals surface area (Å²) in [4.78, 5) is 13.2. The Hall–Kier alpha value is -0.610. The molecule has 0 heterocycles. The Morgan fingerprint density at radius 1 is 1.54 bits per heavy atom. The molecule has 78 valence electrons. The van der Waals surface area contributed by atoms with E-state index in [0.29, 0.717) is 12.8 Å².